The highest BCUT2D eigenvalue weighted by atomic mass is 32.2. The number of rotatable bonds is 7. The SMILES string of the molecule is Cc1cccc(C)c1NC(=O)CNC(=O)[C@H](C)Sc1nnnn1C1CC1. The lowest BCUT2D eigenvalue weighted by molar-refractivity contribution is -0.123. The summed E-state index contributed by atoms with van der Waals surface area (Å²) < 4.78 is 1.77. The number of thioether (sulfide) groups is 1. The molecule has 1 fully saturated rings. The highest BCUT2D eigenvalue weighted by molar-refractivity contribution is 8.00. The van der Waals surface area contributed by atoms with E-state index in [0.717, 1.165) is 29.7 Å². The minimum atomic E-state index is -0.397. The van der Waals surface area contributed by atoms with E-state index in [1.165, 1.54) is 11.8 Å². The summed E-state index contributed by atoms with van der Waals surface area (Å²) in [6.07, 6.45) is 2.13. The van der Waals surface area contributed by atoms with E-state index in [0.29, 0.717) is 11.2 Å². The van der Waals surface area contributed by atoms with Gasteiger partial charge in [-0.1, -0.05) is 30.0 Å². The number of aryl methyl sites for hydroxylation is 2. The van der Waals surface area contributed by atoms with E-state index in [4.69, 9.17) is 0 Å². The highest BCUT2D eigenvalue weighted by Crippen LogP contribution is 2.37. The maximum absolute atomic E-state index is 12.3. The molecular weight excluding hydrogens is 352 g/mol. The van der Waals surface area contributed by atoms with Crippen molar-refractivity contribution >= 4 is 29.3 Å². The van der Waals surface area contributed by atoms with Crippen molar-refractivity contribution < 1.29 is 9.59 Å². The Bertz CT molecular complexity index is 797. The van der Waals surface area contributed by atoms with Gasteiger partial charge in [0.2, 0.25) is 17.0 Å². The van der Waals surface area contributed by atoms with E-state index in [1.54, 1.807) is 11.6 Å². The number of nitrogens with one attached hydrogen (secondary N) is 2. The van der Waals surface area contributed by atoms with Crippen LogP contribution in [0.15, 0.2) is 23.4 Å². The molecule has 2 aromatic rings. The Balaban J connectivity index is 1.50. The summed E-state index contributed by atoms with van der Waals surface area (Å²) in [5.41, 5.74) is 2.76. The van der Waals surface area contributed by atoms with Gasteiger partial charge in [-0.15, -0.1) is 5.10 Å². The molecule has 1 aromatic carbocycles. The minimum Gasteiger partial charge on any atom is -0.346 e. The second-order valence-corrected chi connectivity index (χ2v) is 7.74. The van der Waals surface area contributed by atoms with Crippen molar-refractivity contribution in [2.75, 3.05) is 11.9 Å². The first kappa shape index (κ1) is 18.4. The number of hydrogen-bond acceptors (Lipinski definition) is 6. The van der Waals surface area contributed by atoms with Crippen LogP contribution in [0, 0.1) is 13.8 Å². The highest BCUT2D eigenvalue weighted by Gasteiger charge is 2.29. The molecule has 2 amide bonds. The lowest BCUT2D eigenvalue weighted by Crippen LogP contribution is -2.37. The van der Waals surface area contributed by atoms with Crippen LogP contribution in [0.1, 0.15) is 36.9 Å². The Labute approximate surface area is 156 Å². The molecule has 1 aromatic heterocycles. The molecule has 3 rings (SSSR count). The zero-order valence-electron chi connectivity index (χ0n) is 15.0. The summed E-state index contributed by atoms with van der Waals surface area (Å²) in [5, 5.41) is 17.4. The third kappa shape index (κ3) is 4.40. The number of amides is 2. The van der Waals surface area contributed by atoms with Gasteiger partial charge < -0.3 is 10.6 Å². The lowest BCUT2D eigenvalue weighted by atomic mass is 10.1. The van der Waals surface area contributed by atoms with Crippen LogP contribution in [-0.2, 0) is 9.59 Å². The summed E-state index contributed by atoms with van der Waals surface area (Å²) >= 11 is 1.30. The van der Waals surface area contributed by atoms with Crippen molar-refractivity contribution in [1.29, 1.82) is 0 Å². The molecule has 0 radical (unpaired) electrons. The molecule has 1 heterocycles. The van der Waals surface area contributed by atoms with Crippen LogP contribution in [-0.4, -0.2) is 43.8 Å². The van der Waals surface area contributed by atoms with Gasteiger partial charge in [0.15, 0.2) is 0 Å². The average molecular weight is 374 g/mol. The number of benzene rings is 1. The van der Waals surface area contributed by atoms with Gasteiger partial charge in [-0.05, 0) is 55.2 Å². The van der Waals surface area contributed by atoms with Crippen LogP contribution in [0.5, 0.6) is 0 Å². The molecule has 1 aliphatic carbocycles. The van der Waals surface area contributed by atoms with E-state index in [1.807, 2.05) is 32.0 Å². The van der Waals surface area contributed by atoms with Gasteiger partial charge >= 0.3 is 0 Å². The Kier molecular flexibility index (Phi) is 5.55. The first-order valence-corrected chi connectivity index (χ1v) is 9.42. The molecule has 0 aliphatic heterocycles. The van der Waals surface area contributed by atoms with E-state index >= 15 is 0 Å². The van der Waals surface area contributed by atoms with Crippen LogP contribution >= 0.6 is 11.8 Å². The molecule has 1 atom stereocenters. The third-order valence-corrected chi connectivity index (χ3v) is 5.22. The fourth-order valence-corrected chi connectivity index (χ4v) is 3.41. The van der Waals surface area contributed by atoms with Gasteiger partial charge in [0.25, 0.3) is 0 Å². The van der Waals surface area contributed by atoms with E-state index in [2.05, 4.69) is 26.2 Å². The molecule has 0 unspecified atom stereocenters. The van der Waals surface area contributed by atoms with Crippen molar-refractivity contribution in [3.8, 4) is 0 Å². The second kappa shape index (κ2) is 7.86. The smallest absolute Gasteiger partial charge is 0.243 e. The fourth-order valence-electron chi connectivity index (χ4n) is 2.53. The van der Waals surface area contributed by atoms with Crippen molar-refractivity contribution in [2.24, 2.45) is 0 Å². The second-order valence-electron chi connectivity index (χ2n) is 6.43. The average Bonchev–Trinajstić information content (AvgIpc) is 3.35. The standard InChI is InChI=1S/C17H22N6O2S/c1-10-5-4-6-11(2)15(10)19-14(24)9-18-16(25)12(3)26-17-20-21-22-23(17)13-7-8-13/h4-6,12-13H,7-9H2,1-3H3,(H,18,25)(H,19,24)/t12-/m0/s1. The maximum Gasteiger partial charge on any atom is 0.243 e. The van der Waals surface area contributed by atoms with Gasteiger partial charge in [-0.3, -0.25) is 9.59 Å². The van der Waals surface area contributed by atoms with Gasteiger partial charge in [0, 0.05) is 5.69 Å². The van der Waals surface area contributed by atoms with E-state index in [9.17, 15) is 9.59 Å². The summed E-state index contributed by atoms with van der Waals surface area (Å²) in [7, 11) is 0. The Hall–Kier alpha value is -2.42. The number of carbonyl (C=O) groups excluding carboxylic acids is 2. The first-order valence-electron chi connectivity index (χ1n) is 8.54. The van der Waals surface area contributed by atoms with Crippen LogP contribution in [0.25, 0.3) is 0 Å². The molecule has 8 nitrogen and oxygen atoms in total. The monoisotopic (exact) mass is 374 g/mol. The third-order valence-electron chi connectivity index (χ3n) is 4.18. The fraction of sp³-hybridized carbons (Fsp3) is 0.471. The van der Waals surface area contributed by atoms with Crippen molar-refractivity contribution in [2.45, 2.75) is 50.1 Å². The topological polar surface area (TPSA) is 102 Å². The number of aromatic nitrogens is 4. The number of tetrazole rings is 1. The van der Waals surface area contributed by atoms with Crippen LogP contribution in [0.2, 0.25) is 0 Å². The molecule has 0 bridgehead atoms. The molecule has 138 valence electrons. The molecule has 1 aliphatic rings. The van der Waals surface area contributed by atoms with Crippen molar-refractivity contribution in [1.82, 2.24) is 25.5 Å². The van der Waals surface area contributed by atoms with Gasteiger partial charge in [-0.2, -0.15) is 0 Å². The quantitative estimate of drug-likeness (QED) is 0.717. The Morgan fingerprint density at radius 2 is 2.00 bits per heavy atom. The first-order chi connectivity index (χ1) is 12.5. The van der Waals surface area contributed by atoms with Crippen LogP contribution in [0.4, 0.5) is 5.69 Å². The maximum atomic E-state index is 12.3. The largest absolute Gasteiger partial charge is 0.346 e. The number of para-hydroxylation sites is 1. The molecule has 0 spiro atoms. The summed E-state index contributed by atoms with van der Waals surface area (Å²) in [4.78, 5) is 24.4. The predicted molar refractivity (Wildman–Crippen MR) is 99.0 cm³/mol. The molecule has 0 saturated heterocycles. The van der Waals surface area contributed by atoms with Crippen LogP contribution < -0.4 is 10.6 Å². The molecule has 26 heavy (non-hydrogen) atoms. The molecular formula is C17H22N6O2S. The van der Waals surface area contributed by atoms with Gasteiger partial charge in [0.1, 0.15) is 0 Å². The Morgan fingerprint density at radius 3 is 2.65 bits per heavy atom. The number of nitrogens with zero attached hydrogens (tertiary/aromatic N) is 4. The van der Waals surface area contributed by atoms with Crippen molar-refractivity contribution in [3.05, 3.63) is 29.3 Å². The van der Waals surface area contributed by atoms with E-state index in [-0.39, 0.29) is 18.4 Å². The normalized spacial score (nSPS) is 14.7. The number of anilines is 1. The minimum absolute atomic E-state index is 0.0783. The summed E-state index contributed by atoms with van der Waals surface area (Å²) in [6.45, 7) is 5.56. The van der Waals surface area contributed by atoms with Gasteiger partial charge in [0.05, 0.1) is 17.8 Å². The van der Waals surface area contributed by atoms with Crippen LogP contribution in [0.3, 0.4) is 0 Å². The zero-order valence-corrected chi connectivity index (χ0v) is 15.8. The molecule has 1 saturated carbocycles. The molecule has 9 heteroatoms. The summed E-state index contributed by atoms with van der Waals surface area (Å²) in [6, 6.07) is 6.16. The van der Waals surface area contributed by atoms with Crippen molar-refractivity contribution in [3.63, 3.8) is 0 Å². The zero-order chi connectivity index (χ0) is 18.7. The predicted octanol–water partition coefficient (Wildman–Crippen LogP) is 1.86. The number of carbonyl (C=O) groups is 2. The van der Waals surface area contributed by atoms with Gasteiger partial charge in [-0.25, -0.2) is 4.68 Å². The lowest BCUT2D eigenvalue weighted by Gasteiger charge is -2.13. The number of hydrogen-bond donors (Lipinski definition) is 2. The summed E-state index contributed by atoms with van der Waals surface area (Å²) in [5.74, 6) is -0.479. The van der Waals surface area contributed by atoms with E-state index < -0.39 is 5.25 Å². The Morgan fingerprint density at radius 1 is 1.31 bits per heavy atom. The molecule has 2 N–H and O–H groups in total.